The Hall–Kier alpha value is -1.55. The number of hydrogen-bond acceptors (Lipinski definition) is 4. The summed E-state index contributed by atoms with van der Waals surface area (Å²) >= 11 is 0. The third-order valence-electron chi connectivity index (χ3n) is 2.37. The molecule has 0 spiro atoms. The second kappa shape index (κ2) is 4.98. The van der Waals surface area contributed by atoms with Gasteiger partial charge in [-0.2, -0.15) is 0 Å². The highest BCUT2D eigenvalue weighted by Crippen LogP contribution is 2.18. The zero-order valence-corrected chi connectivity index (χ0v) is 11.4. The summed E-state index contributed by atoms with van der Waals surface area (Å²) in [5.74, 6) is -0.238. The molecule has 1 aromatic carbocycles. The van der Waals surface area contributed by atoms with Crippen molar-refractivity contribution in [2.24, 2.45) is 5.73 Å². The van der Waals surface area contributed by atoms with Crippen LogP contribution in [-0.4, -0.2) is 22.2 Å². The van der Waals surface area contributed by atoms with Crippen LogP contribution in [0.2, 0.25) is 0 Å². The largest absolute Gasteiger partial charge is 0.508 e. The normalized spacial score (nSPS) is 14.9. The first-order chi connectivity index (χ1) is 8.10. The summed E-state index contributed by atoms with van der Waals surface area (Å²) in [4.78, 5) is 12.0. The van der Waals surface area contributed by atoms with E-state index in [1.165, 1.54) is 0 Å². The number of phenols is 1. The van der Waals surface area contributed by atoms with E-state index in [1.807, 2.05) is 20.8 Å². The molecular weight excluding hydrogens is 230 g/mol. The number of rotatable bonds is 3. The minimum absolute atomic E-state index is 0.190. The van der Waals surface area contributed by atoms with Gasteiger partial charge in [0, 0.05) is 6.42 Å². The van der Waals surface area contributed by atoms with Crippen LogP contribution in [0, 0.1) is 0 Å². The van der Waals surface area contributed by atoms with Gasteiger partial charge in [0.2, 0.25) is 0 Å². The molecule has 4 heteroatoms. The van der Waals surface area contributed by atoms with Crippen molar-refractivity contribution in [2.75, 3.05) is 0 Å². The fourth-order valence-corrected chi connectivity index (χ4v) is 1.50. The van der Waals surface area contributed by atoms with E-state index in [0.29, 0.717) is 6.42 Å². The molecule has 0 bridgehead atoms. The summed E-state index contributed by atoms with van der Waals surface area (Å²) < 4.78 is 5.29. The third kappa shape index (κ3) is 4.37. The average Bonchev–Trinajstić information content (AvgIpc) is 2.18. The second-order valence-corrected chi connectivity index (χ2v) is 5.76. The lowest BCUT2D eigenvalue weighted by Gasteiger charge is -2.28. The van der Waals surface area contributed by atoms with Crippen LogP contribution in [0.15, 0.2) is 24.3 Å². The molecule has 0 saturated carbocycles. The molecule has 100 valence electrons. The number of carbonyl (C=O) groups excluding carboxylic acids is 1. The van der Waals surface area contributed by atoms with Gasteiger partial charge in [-0.05, 0) is 45.4 Å². The highest BCUT2D eigenvalue weighted by atomic mass is 16.6. The lowest BCUT2D eigenvalue weighted by Crippen LogP contribution is -2.50. The second-order valence-electron chi connectivity index (χ2n) is 5.76. The molecule has 0 fully saturated rings. The van der Waals surface area contributed by atoms with Crippen LogP contribution in [-0.2, 0) is 16.0 Å². The van der Waals surface area contributed by atoms with Crippen molar-refractivity contribution < 1.29 is 14.6 Å². The van der Waals surface area contributed by atoms with Crippen molar-refractivity contribution in [1.82, 2.24) is 0 Å². The van der Waals surface area contributed by atoms with Crippen LogP contribution in [0.4, 0.5) is 0 Å². The topological polar surface area (TPSA) is 72.5 Å². The highest BCUT2D eigenvalue weighted by molar-refractivity contribution is 5.80. The van der Waals surface area contributed by atoms with E-state index < -0.39 is 17.1 Å². The Kier molecular flexibility index (Phi) is 4.02. The molecule has 0 amide bonds. The molecule has 0 aliphatic carbocycles. The molecule has 0 heterocycles. The van der Waals surface area contributed by atoms with Crippen LogP contribution in [0.3, 0.4) is 0 Å². The van der Waals surface area contributed by atoms with Gasteiger partial charge in [-0.25, -0.2) is 0 Å². The number of benzene rings is 1. The monoisotopic (exact) mass is 251 g/mol. The van der Waals surface area contributed by atoms with Crippen LogP contribution in [0.1, 0.15) is 33.3 Å². The van der Waals surface area contributed by atoms with Gasteiger partial charge in [-0.15, -0.1) is 0 Å². The molecule has 4 nitrogen and oxygen atoms in total. The van der Waals surface area contributed by atoms with E-state index in [0.717, 1.165) is 5.56 Å². The Labute approximate surface area is 108 Å². The highest BCUT2D eigenvalue weighted by Gasteiger charge is 2.33. The first-order valence-electron chi connectivity index (χ1n) is 5.90. The predicted molar refractivity (Wildman–Crippen MR) is 70.2 cm³/mol. The summed E-state index contributed by atoms with van der Waals surface area (Å²) in [6, 6.07) is 6.62. The first kappa shape index (κ1) is 14.5. The molecule has 1 rings (SSSR count). The summed E-state index contributed by atoms with van der Waals surface area (Å²) in [7, 11) is 0. The minimum atomic E-state index is -1.08. The number of aromatic hydroxyl groups is 1. The van der Waals surface area contributed by atoms with Crippen molar-refractivity contribution in [3.8, 4) is 5.75 Å². The Bertz CT molecular complexity index is 416. The van der Waals surface area contributed by atoms with Gasteiger partial charge < -0.3 is 15.6 Å². The van der Waals surface area contributed by atoms with E-state index in [4.69, 9.17) is 10.5 Å². The van der Waals surface area contributed by atoms with Gasteiger partial charge in [0.25, 0.3) is 0 Å². The molecular formula is C14H21NO3. The molecule has 0 aliphatic heterocycles. The Morgan fingerprint density at radius 3 is 2.17 bits per heavy atom. The van der Waals surface area contributed by atoms with Gasteiger partial charge in [0.05, 0.1) is 0 Å². The van der Waals surface area contributed by atoms with Gasteiger partial charge in [0.1, 0.15) is 16.9 Å². The SMILES string of the molecule is CC(C)(C)OC(=O)[C@](C)(N)Cc1ccc(O)cc1. The maximum atomic E-state index is 12.0. The van der Waals surface area contributed by atoms with Crippen molar-refractivity contribution >= 4 is 5.97 Å². The van der Waals surface area contributed by atoms with E-state index in [9.17, 15) is 9.90 Å². The van der Waals surface area contributed by atoms with Crippen LogP contribution < -0.4 is 5.73 Å². The van der Waals surface area contributed by atoms with Crippen LogP contribution >= 0.6 is 0 Å². The number of phenolic OH excluding ortho intramolecular Hbond substituents is 1. The van der Waals surface area contributed by atoms with E-state index >= 15 is 0 Å². The van der Waals surface area contributed by atoms with Crippen LogP contribution in [0.5, 0.6) is 5.75 Å². The first-order valence-corrected chi connectivity index (χ1v) is 5.90. The molecule has 3 N–H and O–H groups in total. The molecule has 1 atom stereocenters. The van der Waals surface area contributed by atoms with Crippen LogP contribution in [0.25, 0.3) is 0 Å². The zero-order chi connectivity index (χ0) is 14.0. The zero-order valence-electron chi connectivity index (χ0n) is 11.4. The number of nitrogens with two attached hydrogens (primary N) is 1. The lowest BCUT2D eigenvalue weighted by molar-refractivity contribution is -0.160. The lowest BCUT2D eigenvalue weighted by atomic mass is 9.93. The molecule has 0 radical (unpaired) electrons. The molecule has 0 aromatic heterocycles. The van der Waals surface area contributed by atoms with E-state index in [-0.39, 0.29) is 5.75 Å². The van der Waals surface area contributed by atoms with E-state index in [1.54, 1.807) is 31.2 Å². The number of carbonyl (C=O) groups is 1. The fourth-order valence-electron chi connectivity index (χ4n) is 1.50. The summed E-state index contributed by atoms with van der Waals surface area (Å²) in [5.41, 5.74) is 5.25. The number of esters is 1. The maximum Gasteiger partial charge on any atom is 0.326 e. The van der Waals surface area contributed by atoms with Crippen molar-refractivity contribution in [2.45, 2.75) is 45.3 Å². The number of hydrogen-bond donors (Lipinski definition) is 2. The van der Waals surface area contributed by atoms with Gasteiger partial charge >= 0.3 is 5.97 Å². The van der Waals surface area contributed by atoms with Crippen molar-refractivity contribution in [3.05, 3.63) is 29.8 Å². The number of ether oxygens (including phenoxy) is 1. The van der Waals surface area contributed by atoms with Crippen molar-refractivity contribution in [1.29, 1.82) is 0 Å². The fraction of sp³-hybridized carbons (Fsp3) is 0.500. The third-order valence-corrected chi connectivity index (χ3v) is 2.37. The standard InChI is InChI=1S/C14H21NO3/c1-13(2,3)18-12(17)14(4,15)9-10-5-7-11(16)8-6-10/h5-8,16H,9,15H2,1-4H3/t14-/m1/s1. The van der Waals surface area contributed by atoms with Gasteiger partial charge in [-0.3, -0.25) is 4.79 Å². The molecule has 1 aromatic rings. The molecule has 0 unspecified atom stereocenters. The summed E-state index contributed by atoms with van der Waals surface area (Å²) in [6.45, 7) is 7.07. The quantitative estimate of drug-likeness (QED) is 0.806. The Balaban J connectivity index is 2.75. The summed E-state index contributed by atoms with van der Waals surface area (Å²) in [6.07, 6.45) is 0.363. The predicted octanol–water partition coefficient (Wildman–Crippen LogP) is 1.99. The molecule has 18 heavy (non-hydrogen) atoms. The van der Waals surface area contributed by atoms with E-state index in [2.05, 4.69) is 0 Å². The Morgan fingerprint density at radius 2 is 1.72 bits per heavy atom. The Morgan fingerprint density at radius 1 is 1.22 bits per heavy atom. The van der Waals surface area contributed by atoms with Gasteiger partial charge in [0.15, 0.2) is 0 Å². The smallest absolute Gasteiger partial charge is 0.326 e. The van der Waals surface area contributed by atoms with Gasteiger partial charge in [-0.1, -0.05) is 12.1 Å². The summed E-state index contributed by atoms with van der Waals surface area (Å²) in [5, 5.41) is 9.19. The molecule has 0 aliphatic rings. The minimum Gasteiger partial charge on any atom is -0.508 e. The van der Waals surface area contributed by atoms with Crippen molar-refractivity contribution in [3.63, 3.8) is 0 Å². The molecule has 0 saturated heterocycles. The average molecular weight is 251 g/mol. The maximum absolute atomic E-state index is 12.0.